The number of halogens is 1. The molecule has 0 spiro atoms. The van der Waals surface area contributed by atoms with Crippen molar-refractivity contribution in [2.75, 3.05) is 30.4 Å². The van der Waals surface area contributed by atoms with Gasteiger partial charge in [0.2, 0.25) is 5.91 Å². The highest BCUT2D eigenvalue weighted by Crippen LogP contribution is 2.27. The van der Waals surface area contributed by atoms with Gasteiger partial charge in [-0.1, -0.05) is 17.7 Å². The van der Waals surface area contributed by atoms with Crippen molar-refractivity contribution in [1.82, 2.24) is 0 Å². The maximum absolute atomic E-state index is 13.6. The van der Waals surface area contributed by atoms with Gasteiger partial charge in [-0.05, 0) is 79.6 Å². The second-order valence-electron chi connectivity index (χ2n) is 8.03. The third-order valence-corrected chi connectivity index (χ3v) is 7.63. The molecule has 0 heterocycles. The number of hydrogen-bond acceptors (Lipinski definition) is 7. The fourth-order valence-electron chi connectivity index (χ4n) is 3.43. The number of esters is 2. The van der Waals surface area contributed by atoms with Gasteiger partial charge in [-0.3, -0.25) is 9.10 Å². The van der Waals surface area contributed by atoms with E-state index in [9.17, 15) is 22.8 Å². The Morgan fingerprint density at radius 1 is 0.865 bits per heavy atom. The van der Waals surface area contributed by atoms with E-state index in [-0.39, 0.29) is 27.4 Å². The van der Waals surface area contributed by atoms with Gasteiger partial charge in [-0.25, -0.2) is 18.0 Å². The Bertz CT molecular complexity index is 1450. The summed E-state index contributed by atoms with van der Waals surface area (Å²) >= 11 is 5.93. The first-order chi connectivity index (χ1) is 17.5. The van der Waals surface area contributed by atoms with Gasteiger partial charge in [0.25, 0.3) is 10.0 Å². The molecule has 0 saturated heterocycles. The van der Waals surface area contributed by atoms with Gasteiger partial charge in [0.1, 0.15) is 6.54 Å². The standard InChI is InChI=1S/C26H25ClN2O7S/c1-16-5-9-20(13-17(16)2)29(37(33,34)21-10-7-19(27)8-11-21)15-24(30)28-23-14-18(25(31)35-3)6-12-22(23)26(32)36-4/h5-14H,15H2,1-4H3,(H,28,30). The Labute approximate surface area is 220 Å². The molecule has 0 aliphatic heterocycles. The second-order valence-corrected chi connectivity index (χ2v) is 10.3. The molecule has 0 unspecified atom stereocenters. The van der Waals surface area contributed by atoms with E-state index in [1.807, 2.05) is 13.8 Å². The molecule has 11 heteroatoms. The van der Waals surface area contributed by atoms with E-state index in [0.29, 0.717) is 5.02 Å². The molecule has 0 radical (unpaired) electrons. The molecule has 0 bridgehead atoms. The van der Waals surface area contributed by atoms with Crippen LogP contribution in [0.2, 0.25) is 5.02 Å². The summed E-state index contributed by atoms with van der Waals surface area (Å²) < 4.78 is 37.6. The number of carbonyl (C=O) groups is 3. The van der Waals surface area contributed by atoms with Gasteiger partial charge < -0.3 is 14.8 Å². The molecule has 9 nitrogen and oxygen atoms in total. The molecule has 0 atom stereocenters. The van der Waals surface area contributed by atoms with Crippen molar-refractivity contribution in [3.8, 4) is 0 Å². The molecule has 3 rings (SSSR count). The molecule has 1 amide bonds. The van der Waals surface area contributed by atoms with Gasteiger partial charge >= 0.3 is 11.9 Å². The summed E-state index contributed by atoms with van der Waals surface area (Å²) in [5.41, 5.74) is 2.05. The first-order valence-electron chi connectivity index (χ1n) is 10.9. The van der Waals surface area contributed by atoms with E-state index in [2.05, 4.69) is 5.32 Å². The van der Waals surface area contributed by atoms with Crippen LogP contribution in [0.4, 0.5) is 11.4 Å². The zero-order valence-electron chi connectivity index (χ0n) is 20.6. The molecular weight excluding hydrogens is 520 g/mol. The van der Waals surface area contributed by atoms with Gasteiger partial charge in [0.05, 0.1) is 41.6 Å². The van der Waals surface area contributed by atoms with Crippen LogP contribution >= 0.6 is 11.6 Å². The van der Waals surface area contributed by atoms with Gasteiger partial charge in [-0.15, -0.1) is 0 Å². The molecular formula is C26H25ClN2O7S. The van der Waals surface area contributed by atoms with E-state index in [1.165, 1.54) is 56.7 Å². The first kappa shape index (κ1) is 27.7. The lowest BCUT2D eigenvalue weighted by molar-refractivity contribution is -0.114. The van der Waals surface area contributed by atoms with Gasteiger partial charge in [-0.2, -0.15) is 0 Å². The molecule has 1 N–H and O–H groups in total. The molecule has 0 aromatic heterocycles. The third kappa shape index (κ3) is 6.28. The maximum atomic E-state index is 13.6. The number of nitrogens with zero attached hydrogens (tertiary/aromatic N) is 1. The van der Waals surface area contributed by atoms with Crippen LogP contribution in [0.5, 0.6) is 0 Å². The molecule has 0 aliphatic rings. The average molecular weight is 545 g/mol. The fraction of sp³-hybridized carbons (Fsp3) is 0.192. The average Bonchev–Trinajstić information content (AvgIpc) is 2.88. The number of carbonyl (C=O) groups excluding carboxylic acids is 3. The molecule has 0 fully saturated rings. The minimum Gasteiger partial charge on any atom is -0.465 e. The van der Waals surface area contributed by atoms with Crippen LogP contribution in [0.3, 0.4) is 0 Å². The van der Waals surface area contributed by atoms with Gasteiger partial charge in [0, 0.05) is 5.02 Å². The van der Waals surface area contributed by atoms with Crippen LogP contribution in [0.15, 0.2) is 65.6 Å². The third-order valence-electron chi connectivity index (χ3n) is 5.59. The molecule has 0 saturated carbocycles. The largest absolute Gasteiger partial charge is 0.465 e. The van der Waals surface area contributed by atoms with Crippen molar-refractivity contribution in [3.05, 3.63) is 87.9 Å². The smallest absolute Gasteiger partial charge is 0.339 e. The minimum atomic E-state index is -4.20. The van der Waals surface area contributed by atoms with Crippen molar-refractivity contribution >= 4 is 50.8 Å². The van der Waals surface area contributed by atoms with Crippen molar-refractivity contribution in [2.24, 2.45) is 0 Å². The van der Waals surface area contributed by atoms with Crippen molar-refractivity contribution in [2.45, 2.75) is 18.7 Å². The quantitative estimate of drug-likeness (QED) is 0.418. The normalized spacial score (nSPS) is 10.9. The zero-order valence-corrected chi connectivity index (χ0v) is 22.1. The van der Waals surface area contributed by atoms with E-state index >= 15 is 0 Å². The van der Waals surface area contributed by atoms with E-state index in [0.717, 1.165) is 15.4 Å². The van der Waals surface area contributed by atoms with Crippen molar-refractivity contribution in [1.29, 1.82) is 0 Å². The number of rotatable bonds is 8. The monoisotopic (exact) mass is 544 g/mol. The lowest BCUT2D eigenvalue weighted by Gasteiger charge is -2.25. The fourth-order valence-corrected chi connectivity index (χ4v) is 4.97. The van der Waals surface area contributed by atoms with E-state index in [1.54, 1.807) is 18.2 Å². The maximum Gasteiger partial charge on any atom is 0.339 e. The predicted molar refractivity (Wildman–Crippen MR) is 140 cm³/mol. The van der Waals surface area contributed by atoms with Crippen LogP contribution in [0.1, 0.15) is 31.8 Å². The lowest BCUT2D eigenvalue weighted by Crippen LogP contribution is -2.38. The summed E-state index contributed by atoms with van der Waals surface area (Å²) in [4.78, 5) is 37.4. The number of benzene rings is 3. The number of nitrogens with one attached hydrogen (secondary N) is 1. The lowest BCUT2D eigenvalue weighted by atomic mass is 10.1. The summed E-state index contributed by atoms with van der Waals surface area (Å²) in [6.07, 6.45) is 0. The number of anilines is 2. The van der Waals surface area contributed by atoms with Crippen molar-refractivity contribution in [3.63, 3.8) is 0 Å². The Kier molecular flexibility index (Phi) is 8.57. The van der Waals surface area contributed by atoms with Crippen LogP contribution in [-0.4, -0.2) is 47.0 Å². The summed E-state index contributed by atoms with van der Waals surface area (Å²) in [7, 11) is -1.84. The van der Waals surface area contributed by atoms with E-state index < -0.39 is 34.4 Å². The predicted octanol–water partition coefficient (Wildman–Crippen LogP) is 4.36. The minimum absolute atomic E-state index is 0.0261. The number of methoxy groups -OCH3 is 2. The summed E-state index contributed by atoms with van der Waals surface area (Å²) in [5.74, 6) is -2.21. The van der Waals surface area contributed by atoms with Crippen molar-refractivity contribution < 1.29 is 32.3 Å². The second kappa shape index (κ2) is 11.4. The Hall–Kier alpha value is -3.89. The first-order valence-corrected chi connectivity index (χ1v) is 12.8. The Balaban J connectivity index is 2.03. The Morgan fingerprint density at radius 3 is 2.11 bits per heavy atom. The van der Waals surface area contributed by atoms with Gasteiger partial charge in [0.15, 0.2) is 0 Å². The Morgan fingerprint density at radius 2 is 1.51 bits per heavy atom. The molecule has 3 aromatic carbocycles. The van der Waals surface area contributed by atoms with Crippen LogP contribution in [-0.2, 0) is 24.3 Å². The summed E-state index contributed by atoms with van der Waals surface area (Å²) in [6.45, 7) is 3.08. The van der Waals surface area contributed by atoms with Crippen LogP contribution in [0, 0.1) is 13.8 Å². The highest BCUT2D eigenvalue weighted by molar-refractivity contribution is 7.92. The number of amides is 1. The summed E-state index contributed by atoms with van der Waals surface area (Å²) in [5, 5.41) is 2.89. The molecule has 0 aliphatic carbocycles. The topological polar surface area (TPSA) is 119 Å². The molecule has 3 aromatic rings. The van der Waals surface area contributed by atoms with Crippen LogP contribution in [0.25, 0.3) is 0 Å². The van der Waals surface area contributed by atoms with E-state index in [4.69, 9.17) is 21.1 Å². The number of sulfonamides is 1. The highest BCUT2D eigenvalue weighted by Gasteiger charge is 2.28. The SMILES string of the molecule is COC(=O)c1ccc(C(=O)OC)c(NC(=O)CN(c2ccc(C)c(C)c2)S(=O)(=O)c2ccc(Cl)cc2)c1. The number of ether oxygens (including phenoxy) is 2. The molecule has 194 valence electrons. The van der Waals surface area contributed by atoms with Crippen LogP contribution < -0.4 is 9.62 Å². The number of hydrogen-bond donors (Lipinski definition) is 1. The molecule has 37 heavy (non-hydrogen) atoms. The number of aryl methyl sites for hydroxylation is 2. The highest BCUT2D eigenvalue weighted by atomic mass is 35.5. The zero-order chi connectivity index (χ0) is 27.3. The summed E-state index contributed by atoms with van der Waals surface area (Å²) in [6, 6.07) is 14.5.